The Morgan fingerprint density at radius 2 is 2.21 bits per heavy atom. The van der Waals surface area contributed by atoms with Gasteiger partial charge in [-0.05, 0) is 35.2 Å². The van der Waals surface area contributed by atoms with Crippen molar-refractivity contribution in [1.82, 2.24) is 10.2 Å². The first-order chi connectivity index (χ1) is 9.06. The molecule has 0 saturated carbocycles. The summed E-state index contributed by atoms with van der Waals surface area (Å²) in [5.74, 6) is 0.462. The third-order valence-electron chi connectivity index (χ3n) is 3.54. The van der Waals surface area contributed by atoms with Crippen molar-refractivity contribution in [3.63, 3.8) is 0 Å². The monoisotopic (exact) mass is 282 g/mol. The molecule has 5 heteroatoms. The standard InChI is InChI=1S/C14H22N2O2S/c1-9(2)12-14(17)16(10(3)7-18-4)13(15-12)11-5-6-19-8-11/h5-6,8-10,12-13,15H,7H2,1-4H3. The number of amides is 1. The summed E-state index contributed by atoms with van der Waals surface area (Å²) in [6, 6.07) is 2.04. The zero-order chi connectivity index (χ0) is 14.0. The molecule has 19 heavy (non-hydrogen) atoms. The van der Waals surface area contributed by atoms with Crippen LogP contribution in [-0.2, 0) is 9.53 Å². The smallest absolute Gasteiger partial charge is 0.241 e. The van der Waals surface area contributed by atoms with E-state index in [0.717, 1.165) is 5.56 Å². The maximum Gasteiger partial charge on any atom is 0.241 e. The molecule has 0 aromatic carbocycles. The lowest BCUT2D eigenvalue weighted by Gasteiger charge is -2.29. The van der Waals surface area contributed by atoms with E-state index in [1.807, 2.05) is 17.2 Å². The molecule has 1 aromatic heterocycles. The number of carbonyl (C=O) groups is 1. The Bertz CT molecular complexity index is 419. The Morgan fingerprint density at radius 1 is 1.47 bits per heavy atom. The number of thiophene rings is 1. The van der Waals surface area contributed by atoms with Crippen LogP contribution in [0.15, 0.2) is 16.8 Å². The molecule has 1 saturated heterocycles. The topological polar surface area (TPSA) is 41.6 Å². The SMILES string of the molecule is COCC(C)N1C(=O)C(C(C)C)NC1c1ccsc1. The number of ether oxygens (including phenoxy) is 1. The number of nitrogens with zero attached hydrogens (tertiary/aromatic N) is 1. The molecule has 1 aromatic rings. The molecule has 0 aliphatic carbocycles. The van der Waals surface area contributed by atoms with Gasteiger partial charge in [0.15, 0.2) is 0 Å². The van der Waals surface area contributed by atoms with Crippen molar-refractivity contribution < 1.29 is 9.53 Å². The minimum Gasteiger partial charge on any atom is -0.383 e. The van der Waals surface area contributed by atoms with E-state index in [1.54, 1.807) is 18.4 Å². The lowest BCUT2D eigenvalue weighted by molar-refractivity contribution is -0.133. The molecule has 3 atom stereocenters. The molecule has 106 valence electrons. The van der Waals surface area contributed by atoms with Gasteiger partial charge < -0.3 is 9.64 Å². The predicted molar refractivity (Wildman–Crippen MR) is 77.0 cm³/mol. The molecule has 0 spiro atoms. The van der Waals surface area contributed by atoms with Gasteiger partial charge in [-0.3, -0.25) is 10.1 Å². The third-order valence-corrected chi connectivity index (χ3v) is 4.25. The second-order valence-electron chi connectivity index (χ2n) is 5.40. The predicted octanol–water partition coefficient (Wildman–Crippen LogP) is 2.24. The summed E-state index contributed by atoms with van der Waals surface area (Å²) in [6.07, 6.45) is -0.0312. The van der Waals surface area contributed by atoms with Gasteiger partial charge in [0.1, 0.15) is 6.17 Å². The van der Waals surface area contributed by atoms with Crippen LogP contribution < -0.4 is 5.32 Å². The molecule has 1 N–H and O–H groups in total. The Labute approximate surface area is 118 Å². The highest BCUT2D eigenvalue weighted by molar-refractivity contribution is 7.07. The van der Waals surface area contributed by atoms with Gasteiger partial charge in [-0.2, -0.15) is 11.3 Å². The minimum atomic E-state index is -0.107. The molecule has 1 aliphatic rings. The summed E-state index contributed by atoms with van der Waals surface area (Å²) in [7, 11) is 1.67. The average Bonchev–Trinajstić information content (AvgIpc) is 2.95. The van der Waals surface area contributed by atoms with E-state index in [1.165, 1.54) is 0 Å². The van der Waals surface area contributed by atoms with Crippen LogP contribution in [0.4, 0.5) is 0 Å². The van der Waals surface area contributed by atoms with Crippen molar-refractivity contribution in [3.05, 3.63) is 22.4 Å². The Hall–Kier alpha value is -0.910. The number of rotatable bonds is 5. The quantitative estimate of drug-likeness (QED) is 0.900. The van der Waals surface area contributed by atoms with Crippen molar-refractivity contribution in [2.45, 2.75) is 39.0 Å². The van der Waals surface area contributed by atoms with Crippen molar-refractivity contribution in [1.29, 1.82) is 0 Å². The second-order valence-corrected chi connectivity index (χ2v) is 6.18. The van der Waals surface area contributed by atoms with E-state index in [2.05, 4.69) is 30.6 Å². The fraction of sp³-hybridized carbons (Fsp3) is 0.643. The molecule has 2 rings (SSSR count). The first kappa shape index (κ1) is 14.5. The van der Waals surface area contributed by atoms with Crippen molar-refractivity contribution >= 4 is 17.2 Å². The number of nitrogens with one attached hydrogen (secondary N) is 1. The van der Waals surface area contributed by atoms with Crippen molar-refractivity contribution in [2.24, 2.45) is 5.92 Å². The average molecular weight is 282 g/mol. The van der Waals surface area contributed by atoms with E-state index in [9.17, 15) is 4.79 Å². The maximum absolute atomic E-state index is 12.6. The van der Waals surface area contributed by atoms with Gasteiger partial charge in [0.05, 0.1) is 18.7 Å². The molecular formula is C14H22N2O2S. The molecule has 0 radical (unpaired) electrons. The van der Waals surface area contributed by atoms with Crippen molar-refractivity contribution in [3.8, 4) is 0 Å². The lowest BCUT2D eigenvalue weighted by Crippen LogP contribution is -2.41. The van der Waals surface area contributed by atoms with E-state index in [-0.39, 0.29) is 30.1 Å². The Kier molecular flexibility index (Phi) is 4.60. The Balaban J connectivity index is 2.26. The summed E-state index contributed by atoms with van der Waals surface area (Å²) in [5, 5.41) is 7.60. The minimum absolute atomic E-state index is 0.0312. The van der Waals surface area contributed by atoms with Gasteiger partial charge >= 0.3 is 0 Å². The molecule has 1 amide bonds. The normalized spacial score (nSPS) is 25.3. The van der Waals surface area contributed by atoms with Crippen LogP contribution in [0.25, 0.3) is 0 Å². The van der Waals surface area contributed by atoms with Gasteiger partial charge in [0.2, 0.25) is 5.91 Å². The van der Waals surface area contributed by atoms with E-state index in [4.69, 9.17) is 4.74 Å². The molecular weight excluding hydrogens is 260 g/mol. The van der Waals surface area contributed by atoms with Crippen LogP contribution in [0, 0.1) is 5.92 Å². The van der Waals surface area contributed by atoms with Crippen LogP contribution >= 0.6 is 11.3 Å². The van der Waals surface area contributed by atoms with E-state index >= 15 is 0 Å². The lowest BCUT2D eigenvalue weighted by atomic mass is 10.0. The number of carbonyl (C=O) groups excluding carboxylic acids is 1. The number of hydrogen-bond acceptors (Lipinski definition) is 4. The summed E-state index contributed by atoms with van der Waals surface area (Å²) >= 11 is 1.66. The van der Waals surface area contributed by atoms with Gasteiger partial charge in [0.25, 0.3) is 0 Å². The fourth-order valence-electron chi connectivity index (χ4n) is 2.57. The highest BCUT2D eigenvalue weighted by Crippen LogP contribution is 2.31. The fourth-order valence-corrected chi connectivity index (χ4v) is 3.25. The van der Waals surface area contributed by atoms with Gasteiger partial charge in [-0.1, -0.05) is 13.8 Å². The van der Waals surface area contributed by atoms with Gasteiger partial charge in [0, 0.05) is 7.11 Å². The van der Waals surface area contributed by atoms with E-state index < -0.39 is 0 Å². The molecule has 1 fully saturated rings. The maximum atomic E-state index is 12.6. The highest BCUT2D eigenvalue weighted by Gasteiger charge is 2.43. The van der Waals surface area contributed by atoms with Crippen LogP contribution in [-0.4, -0.2) is 36.6 Å². The first-order valence-electron chi connectivity index (χ1n) is 6.65. The zero-order valence-electron chi connectivity index (χ0n) is 11.9. The number of hydrogen-bond donors (Lipinski definition) is 1. The summed E-state index contributed by atoms with van der Waals surface area (Å²) < 4.78 is 5.21. The largest absolute Gasteiger partial charge is 0.383 e. The Morgan fingerprint density at radius 3 is 2.74 bits per heavy atom. The molecule has 1 aliphatic heterocycles. The third kappa shape index (κ3) is 2.83. The second kappa shape index (κ2) is 6.03. The van der Waals surface area contributed by atoms with Crippen LogP contribution in [0.2, 0.25) is 0 Å². The molecule has 2 heterocycles. The van der Waals surface area contributed by atoms with Crippen LogP contribution in [0.1, 0.15) is 32.5 Å². The van der Waals surface area contributed by atoms with Crippen LogP contribution in [0.3, 0.4) is 0 Å². The summed E-state index contributed by atoms with van der Waals surface area (Å²) in [4.78, 5) is 14.5. The molecule has 4 nitrogen and oxygen atoms in total. The molecule has 3 unspecified atom stereocenters. The van der Waals surface area contributed by atoms with Crippen LogP contribution in [0.5, 0.6) is 0 Å². The molecule has 0 bridgehead atoms. The summed E-state index contributed by atoms with van der Waals surface area (Å²) in [6.45, 7) is 6.74. The highest BCUT2D eigenvalue weighted by atomic mass is 32.1. The van der Waals surface area contributed by atoms with Gasteiger partial charge in [-0.25, -0.2) is 0 Å². The van der Waals surface area contributed by atoms with Crippen molar-refractivity contribution in [2.75, 3.05) is 13.7 Å². The first-order valence-corrected chi connectivity index (χ1v) is 7.59. The summed E-state index contributed by atoms with van der Waals surface area (Å²) in [5.41, 5.74) is 1.16. The zero-order valence-corrected chi connectivity index (χ0v) is 12.7. The van der Waals surface area contributed by atoms with Gasteiger partial charge in [-0.15, -0.1) is 0 Å². The van der Waals surface area contributed by atoms with E-state index in [0.29, 0.717) is 6.61 Å². The number of methoxy groups -OCH3 is 1.